The molecule has 6 heteroatoms. The number of aliphatic hydroxyl groups excluding tert-OH is 1. The van der Waals surface area contributed by atoms with Crippen LogP contribution in [0.4, 0.5) is 0 Å². The molecule has 0 aliphatic carbocycles. The summed E-state index contributed by atoms with van der Waals surface area (Å²) in [5.74, 6) is -0.0798. The third-order valence-electron chi connectivity index (χ3n) is 3.12. The Morgan fingerprint density at radius 1 is 1.67 bits per heavy atom. The van der Waals surface area contributed by atoms with E-state index in [1.807, 2.05) is 13.8 Å². The molecule has 1 atom stereocenters. The SMILES string of the molecule is CC1(C)CC(O)CCN(C(=O)c2cc(Cl)no2)C1. The average Bonchev–Trinajstić information content (AvgIpc) is 2.63. The van der Waals surface area contributed by atoms with Crippen molar-refractivity contribution in [3.05, 3.63) is 17.0 Å². The van der Waals surface area contributed by atoms with Gasteiger partial charge in [0.05, 0.1) is 6.10 Å². The van der Waals surface area contributed by atoms with Crippen molar-refractivity contribution < 1.29 is 14.4 Å². The zero-order chi connectivity index (χ0) is 13.3. The average molecular weight is 273 g/mol. The summed E-state index contributed by atoms with van der Waals surface area (Å²) in [7, 11) is 0. The van der Waals surface area contributed by atoms with Gasteiger partial charge in [0.1, 0.15) is 0 Å². The van der Waals surface area contributed by atoms with Crippen LogP contribution in [0.15, 0.2) is 10.6 Å². The molecule has 0 saturated carbocycles. The molecule has 0 spiro atoms. The Kier molecular flexibility index (Phi) is 3.64. The number of aromatic nitrogens is 1. The quantitative estimate of drug-likeness (QED) is 0.849. The zero-order valence-electron chi connectivity index (χ0n) is 10.5. The van der Waals surface area contributed by atoms with Gasteiger partial charge in [-0.2, -0.15) is 0 Å². The highest BCUT2D eigenvalue weighted by molar-refractivity contribution is 6.29. The molecular weight excluding hydrogens is 256 g/mol. The van der Waals surface area contributed by atoms with Gasteiger partial charge in [0, 0.05) is 19.2 Å². The lowest BCUT2D eigenvalue weighted by atomic mass is 9.87. The van der Waals surface area contributed by atoms with Gasteiger partial charge in [-0.25, -0.2) is 0 Å². The van der Waals surface area contributed by atoms with Crippen molar-refractivity contribution in [2.24, 2.45) is 5.41 Å². The summed E-state index contributed by atoms with van der Waals surface area (Å²) in [6.07, 6.45) is 0.904. The van der Waals surface area contributed by atoms with E-state index >= 15 is 0 Å². The van der Waals surface area contributed by atoms with Crippen LogP contribution in [-0.4, -0.2) is 40.3 Å². The number of amides is 1. The maximum atomic E-state index is 12.2. The van der Waals surface area contributed by atoms with Gasteiger partial charge >= 0.3 is 0 Å². The van der Waals surface area contributed by atoms with E-state index in [2.05, 4.69) is 5.16 Å². The van der Waals surface area contributed by atoms with Gasteiger partial charge < -0.3 is 14.5 Å². The minimum absolute atomic E-state index is 0.116. The molecule has 1 N–H and O–H groups in total. The first-order chi connectivity index (χ1) is 8.37. The highest BCUT2D eigenvalue weighted by atomic mass is 35.5. The van der Waals surface area contributed by atoms with E-state index in [-0.39, 0.29) is 28.3 Å². The zero-order valence-corrected chi connectivity index (χ0v) is 11.3. The molecule has 1 aliphatic heterocycles. The van der Waals surface area contributed by atoms with E-state index in [9.17, 15) is 9.90 Å². The van der Waals surface area contributed by atoms with Crippen LogP contribution >= 0.6 is 11.6 Å². The molecule has 1 amide bonds. The Morgan fingerprint density at radius 3 is 3.00 bits per heavy atom. The van der Waals surface area contributed by atoms with E-state index in [0.29, 0.717) is 25.9 Å². The Balaban J connectivity index is 2.15. The van der Waals surface area contributed by atoms with Crippen LogP contribution in [-0.2, 0) is 0 Å². The topological polar surface area (TPSA) is 66.6 Å². The molecule has 0 bridgehead atoms. The molecule has 0 aromatic carbocycles. The molecule has 1 unspecified atom stereocenters. The van der Waals surface area contributed by atoms with Crippen molar-refractivity contribution in [2.45, 2.75) is 32.8 Å². The van der Waals surface area contributed by atoms with Crippen molar-refractivity contribution in [3.63, 3.8) is 0 Å². The summed E-state index contributed by atoms with van der Waals surface area (Å²) in [5.41, 5.74) is -0.116. The van der Waals surface area contributed by atoms with E-state index in [1.165, 1.54) is 6.07 Å². The van der Waals surface area contributed by atoms with Crippen LogP contribution in [0.5, 0.6) is 0 Å². The number of hydrogen-bond donors (Lipinski definition) is 1. The summed E-state index contributed by atoms with van der Waals surface area (Å²) in [6, 6.07) is 1.41. The predicted octanol–water partition coefficient (Wildman–Crippen LogP) is 1.95. The standard InChI is InChI=1S/C12H17ClN2O3/c1-12(2)6-8(16)3-4-15(7-12)11(17)9-5-10(13)14-18-9/h5,8,16H,3-4,6-7H2,1-2H3. The molecule has 1 aromatic heterocycles. The van der Waals surface area contributed by atoms with Crippen molar-refractivity contribution in [3.8, 4) is 0 Å². The molecule has 18 heavy (non-hydrogen) atoms. The lowest BCUT2D eigenvalue weighted by molar-refractivity contribution is 0.0663. The maximum Gasteiger partial charge on any atom is 0.292 e. The summed E-state index contributed by atoms with van der Waals surface area (Å²) >= 11 is 5.64. The second kappa shape index (κ2) is 4.90. The molecule has 2 rings (SSSR count). The minimum atomic E-state index is -0.365. The molecule has 100 valence electrons. The normalized spacial score (nSPS) is 23.8. The summed E-state index contributed by atoms with van der Waals surface area (Å²) in [4.78, 5) is 13.9. The molecule has 0 radical (unpaired) electrons. The highest BCUT2D eigenvalue weighted by Gasteiger charge is 2.32. The summed E-state index contributed by atoms with van der Waals surface area (Å²) in [6.45, 7) is 5.17. The largest absolute Gasteiger partial charge is 0.393 e. The fourth-order valence-corrected chi connectivity index (χ4v) is 2.52. The monoisotopic (exact) mass is 272 g/mol. The Bertz CT molecular complexity index is 444. The van der Waals surface area contributed by atoms with Gasteiger partial charge in [-0.15, -0.1) is 0 Å². The molecule has 1 aliphatic rings. The number of rotatable bonds is 1. The number of carbonyl (C=O) groups is 1. The van der Waals surface area contributed by atoms with E-state index in [4.69, 9.17) is 16.1 Å². The Morgan fingerprint density at radius 2 is 2.39 bits per heavy atom. The minimum Gasteiger partial charge on any atom is -0.393 e. The summed E-state index contributed by atoms with van der Waals surface area (Å²) < 4.78 is 4.88. The van der Waals surface area contributed by atoms with Crippen molar-refractivity contribution in [1.29, 1.82) is 0 Å². The smallest absolute Gasteiger partial charge is 0.292 e. The van der Waals surface area contributed by atoms with Crippen LogP contribution < -0.4 is 0 Å². The van der Waals surface area contributed by atoms with Gasteiger partial charge in [0.15, 0.2) is 5.15 Å². The van der Waals surface area contributed by atoms with Crippen molar-refractivity contribution in [1.82, 2.24) is 10.1 Å². The number of carbonyl (C=O) groups excluding carboxylic acids is 1. The van der Waals surface area contributed by atoms with Crippen LogP contribution in [0.3, 0.4) is 0 Å². The van der Waals surface area contributed by atoms with Crippen molar-refractivity contribution in [2.75, 3.05) is 13.1 Å². The number of likely N-dealkylation sites (tertiary alicyclic amines) is 1. The fourth-order valence-electron chi connectivity index (χ4n) is 2.39. The van der Waals surface area contributed by atoms with Gasteiger partial charge in [-0.05, 0) is 18.3 Å². The first-order valence-corrected chi connectivity index (χ1v) is 6.35. The second-order valence-electron chi connectivity index (χ2n) is 5.55. The molecule has 2 heterocycles. The number of nitrogens with zero attached hydrogens (tertiary/aromatic N) is 2. The number of halogens is 1. The first kappa shape index (κ1) is 13.4. The van der Waals surface area contributed by atoms with Crippen LogP contribution in [0.2, 0.25) is 5.15 Å². The van der Waals surface area contributed by atoms with Crippen LogP contribution in [0, 0.1) is 5.41 Å². The second-order valence-corrected chi connectivity index (χ2v) is 5.94. The lowest BCUT2D eigenvalue weighted by Crippen LogP contribution is -2.37. The number of aliphatic hydroxyl groups is 1. The van der Waals surface area contributed by atoms with Gasteiger partial charge in [-0.3, -0.25) is 4.79 Å². The Labute approximate surface area is 111 Å². The van der Waals surface area contributed by atoms with Gasteiger partial charge in [0.2, 0.25) is 5.76 Å². The molecule has 1 fully saturated rings. The molecule has 1 aromatic rings. The molecule has 1 saturated heterocycles. The van der Waals surface area contributed by atoms with Crippen LogP contribution in [0.25, 0.3) is 0 Å². The molecule has 5 nitrogen and oxygen atoms in total. The third-order valence-corrected chi connectivity index (χ3v) is 3.30. The lowest BCUT2D eigenvalue weighted by Gasteiger charge is -2.29. The molecular formula is C12H17ClN2O3. The first-order valence-electron chi connectivity index (χ1n) is 5.97. The predicted molar refractivity (Wildman–Crippen MR) is 66.4 cm³/mol. The van der Waals surface area contributed by atoms with E-state index in [0.717, 1.165) is 0 Å². The van der Waals surface area contributed by atoms with Gasteiger partial charge in [0.25, 0.3) is 5.91 Å². The van der Waals surface area contributed by atoms with Gasteiger partial charge in [-0.1, -0.05) is 30.6 Å². The van der Waals surface area contributed by atoms with E-state index in [1.54, 1.807) is 4.90 Å². The highest BCUT2D eigenvalue weighted by Crippen LogP contribution is 2.29. The third kappa shape index (κ3) is 3.03. The summed E-state index contributed by atoms with van der Waals surface area (Å²) in [5, 5.41) is 13.5. The maximum absolute atomic E-state index is 12.2. The number of hydrogen-bond acceptors (Lipinski definition) is 4. The van der Waals surface area contributed by atoms with E-state index < -0.39 is 0 Å². The van der Waals surface area contributed by atoms with Crippen molar-refractivity contribution >= 4 is 17.5 Å². The Hall–Kier alpha value is -1.07. The van der Waals surface area contributed by atoms with Crippen LogP contribution in [0.1, 0.15) is 37.2 Å². The fraction of sp³-hybridized carbons (Fsp3) is 0.667.